The van der Waals surface area contributed by atoms with E-state index < -0.39 is 7.26 Å². The molecule has 5 rings (SSSR count). The molecule has 0 nitrogen and oxygen atoms in total. The number of hydrogen-bond acceptors (Lipinski definition) is 0. The summed E-state index contributed by atoms with van der Waals surface area (Å²) in [5.74, 6) is 2.41. The lowest BCUT2D eigenvalue weighted by Gasteiger charge is -2.31. The van der Waals surface area contributed by atoms with Crippen LogP contribution in [0.4, 0.5) is 0 Å². The van der Waals surface area contributed by atoms with Gasteiger partial charge in [-0.2, -0.15) is 0 Å². The summed E-state index contributed by atoms with van der Waals surface area (Å²) in [6.07, 6.45) is 9.01. The zero-order valence-corrected chi connectivity index (χ0v) is 16.5. The van der Waals surface area contributed by atoms with E-state index in [-0.39, 0.29) is 0 Å². The Morgan fingerprint density at radius 3 is 1.44 bits per heavy atom. The predicted octanol–water partition coefficient (Wildman–Crippen LogP) is 5.19. The maximum absolute atomic E-state index is 2.51. The van der Waals surface area contributed by atoms with Gasteiger partial charge in [0.25, 0.3) is 0 Å². The molecule has 1 unspecified atom stereocenters. The van der Waals surface area contributed by atoms with E-state index in [1.54, 1.807) is 0 Å². The van der Waals surface area contributed by atoms with Gasteiger partial charge < -0.3 is 0 Å². The van der Waals surface area contributed by atoms with Crippen LogP contribution in [0.3, 0.4) is 0 Å². The van der Waals surface area contributed by atoms with Crippen LogP contribution in [0.15, 0.2) is 103 Å². The molecule has 0 amide bonds. The summed E-state index contributed by atoms with van der Waals surface area (Å²) in [7, 11) is -1.67. The van der Waals surface area contributed by atoms with Gasteiger partial charge in [0.15, 0.2) is 0 Å². The second-order valence-corrected chi connectivity index (χ2v) is 11.6. The van der Waals surface area contributed by atoms with Crippen molar-refractivity contribution in [3.63, 3.8) is 0 Å². The van der Waals surface area contributed by atoms with Crippen LogP contribution < -0.4 is 15.9 Å². The third-order valence-electron chi connectivity index (χ3n) is 6.52. The van der Waals surface area contributed by atoms with Crippen molar-refractivity contribution < 1.29 is 0 Å². The van der Waals surface area contributed by atoms with Crippen molar-refractivity contribution in [2.75, 3.05) is 6.16 Å². The molecular weight excluding hydrogens is 343 g/mol. The molecule has 0 N–H and O–H groups in total. The van der Waals surface area contributed by atoms with Crippen molar-refractivity contribution in [1.29, 1.82) is 0 Å². The second-order valence-electron chi connectivity index (χ2n) is 8.04. The average Bonchev–Trinajstić information content (AvgIpc) is 3.37. The topological polar surface area (TPSA) is 0 Å². The summed E-state index contributed by atoms with van der Waals surface area (Å²) in [4.78, 5) is 0. The lowest BCUT2D eigenvalue weighted by molar-refractivity contribution is 0.499. The molecule has 0 aliphatic heterocycles. The molecule has 1 fully saturated rings. The Morgan fingerprint density at radius 2 is 1.07 bits per heavy atom. The van der Waals surface area contributed by atoms with Crippen molar-refractivity contribution in [3.8, 4) is 0 Å². The third kappa shape index (κ3) is 2.97. The van der Waals surface area contributed by atoms with Crippen LogP contribution in [-0.4, -0.2) is 6.16 Å². The fourth-order valence-corrected chi connectivity index (χ4v) is 9.96. The Balaban J connectivity index is 1.71. The highest BCUT2D eigenvalue weighted by Gasteiger charge is 2.50. The van der Waals surface area contributed by atoms with E-state index >= 15 is 0 Å². The molecule has 0 aromatic heterocycles. The van der Waals surface area contributed by atoms with Gasteiger partial charge in [-0.25, -0.2) is 0 Å². The van der Waals surface area contributed by atoms with Crippen molar-refractivity contribution in [3.05, 3.63) is 103 Å². The molecule has 1 heteroatoms. The molecule has 2 aliphatic carbocycles. The molecule has 0 spiro atoms. The Kier molecular flexibility index (Phi) is 4.46. The highest BCUT2D eigenvalue weighted by atomic mass is 31.2. The first-order chi connectivity index (χ1) is 13.4. The third-order valence-corrected chi connectivity index (χ3v) is 11.1. The quantitative estimate of drug-likeness (QED) is 0.429. The van der Waals surface area contributed by atoms with Crippen LogP contribution in [0.5, 0.6) is 0 Å². The van der Waals surface area contributed by atoms with E-state index in [9.17, 15) is 0 Å². The van der Waals surface area contributed by atoms with Gasteiger partial charge in [0.05, 0.1) is 6.16 Å². The van der Waals surface area contributed by atoms with E-state index in [0.717, 1.165) is 17.8 Å². The molecule has 0 saturated heterocycles. The molecule has 0 heterocycles. The lowest BCUT2D eigenvalue weighted by atomic mass is 9.96. The molecule has 3 aromatic carbocycles. The minimum atomic E-state index is -1.67. The maximum atomic E-state index is 2.51. The Hall–Kier alpha value is -2.17. The number of hydrogen-bond donors (Lipinski definition) is 0. The molecule has 3 aromatic rings. The Labute approximate surface area is 163 Å². The molecule has 2 bridgehead atoms. The fraction of sp³-hybridized carbons (Fsp3) is 0.231. The highest BCUT2D eigenvalue weighted by molar-refractivity contribution is 7.95. The molecule has 1 saturated carbocycles. The predicted molar refractivity (Wildman–Crippen MR) is 119 cm³/mol. The summed E-state index contributed by atoms with van der Waals surface area (Å²) < 4.78 is 0. The van der Waals surface area contributed by atoms with Gasteiger partial charge in [-0.15, -0.1) is 0 Å². The zero-order valence-electron chi connectivity index (χ0n) is 15.6. The molecule has 0 radical (unpaired) electrons. The zero-order chi connectivity index (χ0) is 18.1. The highest BCUT2D eigenvalue weighted by Crippen LogP contribution is 2.60. The van der Waals surface area contributed by atoms with Gasteiger partial charge >= 0.3 is 0 Å². The normalized spacial score (nSPS) is 23.6. The van der Waals surface area contributed by atoms with Crippen LogP contribution in [0.1, 0.15) is 12.8 Å². The molecule has 3 atom stereocenters. The smallest absolute Gasteiger partial charge is 0.0851 e. The summed E-state index contributed by atoms with van der Waals surface area (Å²) in [5.41, 5.74) is 0. The van der Waals surface area contributed by atoms with Gasteiger partial charge in [0.1, 0.15) is 23.2 Å². The van der Waals surface area contributed by atoms with E-state index in [1.807, 2.05) is 0 Å². The standard InChI is InChI=1S/C26H26P/c1-4-10-24(11-5-1)27(25-12-6-2-7-13-25,26-14-8-3-9-15-26)20-23-19-21-16-17-22(23)18-21/h1-17,21-23H,18-20H2/q+1/t21-,22+,23?/m1/s1. The lowest BCUT2D eigenvalue weighted by Crippen LogP contribution is -2.36. The van der Waals surface area contributed by atoms with Crippen molar-refractivity contribution in [2.45, 2.75) is 12.8 Å². The maximum Gasteiger partial charge on any atom is 0.112 e. The Bertz CT molecular complexity index is 818. The summed E-state index contributed by atoms with van der Waals surface area (Å²) in [6, 6.07) is 34.0. The largest absolute Gasteiger partial charge is 0.112 e. The van der Waals surface area contributed by atoms with E-state index in [1.165, 1.54) is 34.9 Å². The van der Waals surface area contributed by atoms with Crippen molar-refractivity contribution in [2.24, 2.45) is 17.8 Å². The summed E-state index contributed by atoms with van der Waals surface area (Å²) >= 11 is 0. The van der Waals surface area contributed by atoms with Gasteiger partial charge in [-0.1, -0.05) is 66.7 Å². The van der Waals surface area contributed by atoms with Crippen molar-refractivity contribution in [1.82, 2.24) is 0 Å². The van der Waals surface area contributed by atoms with Crippen LogP contribution in [0.25, 0.3) is 0 Å². The minimum absolute atomic E-state index is 0.783. The first-order valence-electron chi connectivity index (χ1n) is 10.1. The SMILES string of the molecule is C1=C[C@H]2C[C@@H]1CC2C[P+](c1ccccc1)(c1ccccc1)c1ccccc1. The van der Waals surface area contributed by atoms with E-state index in [2.05, 4.69) is 103 Å². The van der Waals surface area contributed by atoms with Gasteiger partial charge in [-0.3, -0.25) is 0 Å². The monoisotopic (exact) mass is 369 g/mol. The first-order valence-corrected chi connectivity index (χ1v) is 12.1. The van der Waals surface area contributed by atoms with Crippen LogP contribution in [0.2, 0.25) is 0 Å². The van der Waals surface area contributed by atoms with Crippen LogP contribution in [0, 0.1) is 17.8 Å². The molecular formula is C26H26P+. The van der Waals surface area contributed by atoms with E-state index in [4.69, 9.17) is 0 Å². The minimum Gasteiger partial charge on any atom is -0.0851 e. The number of benzene rings is 3. The number of allylic oxidation sites excluding steroid dienone is 2. The van der Waals surface area contributed by atoms with Gasteiger partial charge in [-0.05, 0) is 61.1 Å². The van der Waals surface area contributed by atoms with Gasteiger partial charge in [0.2, 0.25) is 0 Å². The van der Waals surface area contributed by atoms with Crippen LogP contribution >= 0.6 is 7.26 Å². The van der Waals surface area contributed by atoms with Crippen LogP contribution in [-0.2, 0) is 0 Å². The molecule has 2 aliphatic rings. The average molecular weight is 369 g/mol. The fourth-order valence-electron chi connectivity index (χ4n) is 5.27. The second kappa shape index (κ2) is 7.10. The molecule has 27 heavy (non-hydrogen) atoms. The number of rotatable bonds is 5. The first kappa shape index (κ1) is 17.0. The number of fused-ring (bicyclic) bond motifs is 2. The van der Waals surface area contributed by atoms with Crippen molar-refractivity contribution >= 4 is 23.2 Å². The van der Waals surface area contributed by atoms with Gasteiger partial charge in [0, 0.05) is 5.92 Å². The summed E-state index contributed by atoms with van der Waals surface area (Å²) in [6.45, 7) is 0. The molecule has 134 valence electrons. The Morgan fingerprint density at radius 1 is 0.593 bits per heavy atom. The summed E-state index contributed by atoms with van der Waals surface area (Å²) in [5, 5.41) is 4.57. The van der Waals surface area contributed by atoms with E-state index in [0.29, 0.717) is 0 Å².